The van der Waals surface area contributed by atoms with Crippen LogP contribution < -0.4 is 5.73 Å². The molecule has 1 saturated heterocycles. The van der Waals surface area contributed by atoms with E-state index in [2.05, 4.69) is 29.2 Å². The second kappa shape index (κ2) is 7.60. The Morgan fingerprint density at radius 3 is 2.38 bits per heavy atom. The lowest BCUT2D eigenvalue weighted by atomic mass is 9.95. The highest BCUT2D eigenvalue weighted by molar-refractivity contribution is 5.78. The summed E-state index contributed by atoms with van der Waals surface area (Å²) in [7, 11) is 1.98. The van der Waals surface area contributed by atoms with E-state index in [4.69, 9.17) is 5.73 Å². The predicted octanol–water partition coefficient (Wildman–Crippen LogP) is 2.07. The van der Waals surface area contributed by atoms with Crippen molar-refractivity contribution in [3.05, 3.63) is 71.8 Å². The molecule has 0 saturated carbocycles. The van der Waals surface area contributed by atoms with E-state index in [-0.39, 0.29) is 17.9 Å². The van der Waals surface area contributed by atoms with Crippen molar-refractivity contribution in [1.29, 1.82) is 0 Å². The Balaban J connectivity index is 1.56. The number of likely N-dealkylation sites (N-methyl/N-ethyl adjacent to an activating group) is 1. The van der Waals surface area contributed by atoms with Gasteiger partial charge in [0.15, 0.2) is 0 Å². The Hall–Kier alpha value is -2.17. The van der Waals surface area contributed by atoms with Crippen LogP contribution in [0.2, 0.25) is 0 Å². The molecule has 1 heterocycles. The summed E-state index contributed by atoms with van der Waals surface area (Å²) in [6.07, 6.45) is 0. The topological polar surface area (TPSA) is 49.6 Å². The van der Waals surface area contributed by atoms with Crippen molar-refractivity contribution in [2.75, 3.05) is 26.7 Å². The van der Waals surface area contributed by atoms with Crippen molar-refractivity contribution in [3.63, 3.8) is 0 Å². The van der Waals surface area contributed by atoms with Gasteiger partial charge in [-0.1, -0.05) is 60.7 Å². The summed E-state index contributed by atoms with van der Waals surface area (Å²) in [6, 6.07) is 20.5. The highest BCUT2D eigenvalue weighted by Gasteiger charge is 2.33. The molecule has 1 aliphatic rings. The molecule has 3 rings (SSSR count). The molecule has 1 fully saturated rings. The minimum atomic E-state index is 0.00998. The van der Waals surface area contributed by atoms with Gasteiger partial charge in [-0.3, -0.25) is 9.69 Å². The second-order valence-corrected chi connectivity index (χ2v) is 6.64. The molecule has 2 atom stereocenters. The van der Waals surface area contributed by atoms with Gasteiger partial charge in [0.05, 0.1) is 6.54 Å². The Morgan fingerprint density at radius 2 is 1.71 bits per heavy atom. The Morgan fingerprint density at radius 1 is 1.08 bits per heavy atom. The maximum Gasteiger partial charge on any atom is 0.236 e. The quantitative estimate of drug-likeness (QED) is 0.916. The molecule has 24 heavy (non-hydrogen) atoms. The average molecular weight is 323 g/mol. The number of amides is 1. The van der Waals surface area contributed by atoms with Gasteiger partial charge < -0.3 is 10.6 Å². The highest BCUT2D eigenvalue weighted by Crippen LogP contribution is 2.26. The van der Waals surface area contributed by atoms with E-state index in [1.165, 1.54) is 11.1 Å². The molecule has 2 N–H and O–H groups in total. The maximum absolute atomic E-state index is 12.6. The summed E-state index contributed by atoms with van der Waals surface area (Å²) in [6.45, 7) is 2.54. The van der Waals surface area contributed by atoms with Gasteiger partial charge in [-0.15, -0.1) is 0 Å². The van der Waals surface area contributed by atoms with E-state index in [9.17, 15) is 4.79 Å². The van der Waals surface area contributed by atoms with Gasteiger partial charge in [0.2, 0.25) is 5.91 Å². The molecule has 126 valence electrons. The first kappa shape index (κ1) is 16.7. The molecule has 1 aliphatic heterocycles. The van der Waals surface area contributed by atoms with Crippen LogP contribution in [0.25, 0.3) is 0 Å². The predicted molar refractivity (Wildman–Crippen MR) is 96.5 cm³/mol. The van der Waals surface area contributed by atoms with Gasteiger partial charge >= 0.3 is 0 Å². The molecule has 1 amide bonds. The number of nitrogens with zero attached hydrogens (tertiary/aromatic N) is 2. The summed E-state index contributed by atoms with van der Waals surface area (Å²) in [5.74, 6) is 0.386. The Labute approximate surface area is 143 Å². The van der Waals surface area contributed by atoms with Crippen LogP contribution in [0.4, 0.5) is 0 Å². The van der Waals surface area contributed by atoms with Gasteiger partial charge in [-0.2, -0.15) is 0 Å². The first-order valence-corrected chi connectivity index (χ1v) is 8.44. The summed E-state index contributed by atoms with van der Waals surface area (Å²) in [5.41, 5.74) is 8.72. The summed E-state index contributed by atoms with van der Waals surface area (Å²) >= 11 is 0. The minimum Gasteiger partial charge on any atom is -0.339 e. The van der Waals surface area contributed by atoms with Crippen LogP contribution in [0.5, 0.6) is 0 Å². The van der Waals surface area contributed by atoms with Crippen LogP contribution in [0.3, 0.4) is 0 Å². The summed E-state index contributed by atoms with van der Waals surface area (Å²) < 4.78 is 0. The number of benzene rings is 2. The van der Waals surface area contributed by atoms with Crippen molar-refractivity contribution in [2.45, 2.75) is 18.5 Å². The number of carbonyl (C=O) groups excluding carboxylic acids is 1. The normalized spacial score (nSPS) is 20.5. The number of hydrogen-bond acceptors (Lipinski definition) is 3. The maximum atomic E-state index is 12.6. The number of carbonyl (C=O) groups is 1. The molecule has 2 aromatic rings. The van der Waals surface area contributed by atoms with Gasteiger partial charge in [0.25, 0.3) is 0 Å². The monoisotopic (exact) mass is 323 g/mol. The molecule has 4 heteroatoms. The number of hydrogen-bond donors (Lipinski definition) is 1. The molecule has 0 spiro atoms. The fourth-order valence-electron chi connectivity index (χ4n) is 3.37. The molecular weight excluding hydrogens is 298 g/mol. The van der Waals surface area contributed by atoms with Crippen LogP contribution in [0.1, 0.15) is 17.0 Å². The molecule has 0 radical (unpaired) electrons. The minimum absolute atomic E-state index is 0.00998. The fraction of sp³-hybridized carbons (Fsp3) is 0.350. The number of rotatable bonds is 5. The lowest BCUT2D eigenvalue weighted by Crippen LogP contribution is -2.38. The Bertz CT molecular complexity index is 659. The third-order valence-corrected chi connectivity index (χ3v) is 4.65. The smallest absolute Gasteiger partial charge is 0.236 e. The zero-order chi connectivity index (χ0) is 16.9. The third-order valence-electron chi connectivity index (χ3n) is 4.65. The molecule has 0 aromatic heterocycles. The standard InChI is InChI=1S/C20H25N3O/c1-22(12-16-8-4-2-5-9-16)15-20(24)23-13-18(19(21)14-23)17-10-6-3-7-11-17/h2-11,18-19H,12-15,21H2,1H3/t18-,19+/m0/s1. The van der Waals surface area contributed by atoms with Crippen molar-refractivity contribution in [3.8, 4) is 0 Å². The zero-order valence-electron chi connectivity index (χ0n) is 14.1. The van der Waals surface area contributed by atoms with E-state index in [0.29, 0.717) is 19.6 Å². The molecule has 0 bridgehead atoms. The van der Waals surface area contributed by atoms with Crippen molar-refractivity contribution in [2.24, 2.45) is 5.73 Å². The van der Waals surface area contributed by atoms with Gasteiger partial charge in [-0.25, -0.2) is 0 Å². The van der Waals surface area contributed by atoms with Crippen LogP contribution in [-0.2, 0) is 11.3 Å². The fourth-order valence-corrected chi connectivity index (χ4v) is 3.37. The van der Waals surface area contributed by atoms with E-state index >= 15 is 0 Å². The largest absolute Gasteiger partial charge is 0.339 e. The molecule has 0 unspecified atom stereocenters. The van der Waals surface area contributed by atoms with E-state index < -0.39 is 0 Å². The summed E-state index contributed by atoms with van der Waals surface area (Å²) in [4.78, 5) is 16.6. The zero-order valence-corrected chi connectivity index (χ0v) is 14.1. The average Bonchev–Trinajstić information content (AvgIpc) is 2.98. The molecule has 4 nitrogen and oxygen atoms in total. The lowest BCUT2D eigenvalue weighted by molar-refractivity contribution is -0.131. The van der Waals surface area contributed by atoms with Gasteiger partial charge in [-0.05, 0) is 18.2 Å². The molecule has 0 aliphatic carbocycles. The first-order chi connectivity index (χ1) is 11.6. The summed E-state index contributed by atoms with van der Waals surface area (Å²) in [5, 5.41) is 0. The second-order valence-electron chi connectivity index (χ2n) is 6.64. The molecule has 2 aromatic carbocycles. The lowest BCUT2D eigenvalue weighted by Gasteiger charge is -2.21. The van der Waals surface area contributed by atoms with Crippen LogP contribution in [0, 0.1) is 0 Å². The van der Waals surface area contributed by atoms with Gasteiger partial charge in [0, 0.05) is 31.6 Å². The first-order valence-electron chi connectivity index (χ1n) is 8.44. The third kappa shape index (κ3) is 4.02. The van der Waals surface area contributed by atoms with Crippen LogP contribution >= 0.6 is 0 Å². The van der Waals surface area contributed by atoms with Crippen molar-refractivity contribution in [1.82, 2.24) is 9.80 Å². The number of likely N-dealkylation sites (tertiary alicyclic amines) is 1. The van der Waals surface area contributed by atoms with E-state index in [1.54, 1.807) is 0 Å². The van der Waals surface area contributed by atoms with E-state index in [1.807, 2.05) is 48.3 Å². The van der Waals surface area contributed by atoms with E-state index in [0.717, 1.165) is 6.54 Å². The van der Waals surface area contributed by atoms with Crippen molar-refractivity contribution < 1.29 is 4.79 Å². The SMILES string of the molecule is CN(CC(=O)N1C[C@@H](N)[C@H](c2ccccc2)C1)Cc1ccccc1. The molecular formula is C20H25N3O. The Kier molecular flexibility index (Phi) is 5.28. The highest BCUT2D eigenvalue weighted by atomic mass is 16.2. The van der Waals surface area contributed by atoms with Crippen molar-refractivity contribution >= 4 is 5.91 Å². The van der Waals surface area contributed by atoms with Crippen LogP contribution in [-0.4, -0.2) is 48.4 Å². The van der Waals surface area contributed by atoms with Crippen LogP contribution in [0.15, 0.2) is 60.7 Å². The van der Waals surface area contributed by atoms with Gasteiger partial charge in [0.1, 0.15) is 0 Å². The number of nitrogens with two attached hydrogens (primary N) is 1.